The molecule has 1 aliphatic rings. The van der Waals surface area contributed by atoms with Gasteiger partial charge in [0.25, 0.3) is 0 Å². The summed E-state index contributed by atoms with van der Waals surface area (Å²) < 4.78 is 12.7. The van der Waals surface area contributed by atoms with Crippen LogP contribution in [0.1, 0.15) is 27.7 Å². The molecule has 5 aromatic carbocycles. The van der Waals surface area contributed by atoms with Crippen molar-refractivity contribution in [1.82, 2.24) is 0 Å². The Morgan fingerprint density at radius 1 is 0.571 bits per heavy atom. The first-order chi connectivity index (χ1) is 16.4. The Morgan fingerprint density at radius 2 is 1.00 bits per heavy atom. The maximum atomic E-state index is 6.35. The Morgan fingerprint density at radius 3 is 1.43 bits per heavy atom. The van der Waals surface area contributed by atoms with Crippen molar-refractivity contribution in [2.24, 2.45) is 0 Å². The Labute approximate surface area is 209 Å². The Hall–Kier alpha value is -2.66. The monoisotopic (exact) mass is 476 g/mol. The molecule has 0 spiro atoms. The summed E-state index contributed by atoms with van der Waals surface area (Å²) in [6.07, 6.45) is 0. The average Bonchev–Trinajstić information content (AvgIpc) is 3.03. The highest BCUT2D eigenvalue weighted by atomic mass is 28.3. The molecule has 0 unspecified atom stereocenters. The van der Waals surface area contributed by atoms with Gasteiger partial charge in [0.2, 0.25) is 0 Å². The molecule has 1 fully saturated rings. The first-order valence-electron chi connectivity index (χ1n) is 12.6. The van der Waals surface area contributed by atoms with Crippen LogP contribution < -0.4 is 10.6 Å². The molecule has 0 saturated carbocycles. The number of hydrogen-bond donors (Lipinski definition) is 0. The molecular weight excluding hydrogens is 443 g/mol. The summed E-state index contributed by atoms with van der Waals surface area (Å²) in [7, 11) is -1.66. The minimum Gasteiger partial charge on any atom is -0.399 e. The third-order valence-corrected chi connectivity index (χ3v) is 10.2. The van der Waals surface area contributed by atoms with E-state index in [1.54, 1.807) is 0 Å². The second-order valence-corrected chi connectivity index (χ2v) is 17.3. The molecule has 0 N–H and O–H groups in total. The van der Waals surface area contributed by atoms with Crippen molar-refractivity contribution in [3.05, 3.63) is 72.8 Å². The molecule has 176 valence electrons. The number of hydrogen-bond acceptors (Lipinski definition) is 2. The molecule has 5 aromatic rings. The molecule has 1 saturated heterocycles. The lowest BCUT2D eigenvalue weighted by Gasteiger charge is -2.32. The van der Waals surface area contributed by atoms with Crippen molar-refractivity contribution in [2.75, 3.05) is 0 Å². The molecule has 0 bridgehead atoms. The van der Waals surface area contributed by atoms with Crippen LogP contribution in [0.5, 0.6) is 0 Å². The normalized spacial score (nSPS) is 17.7. The summed E-state index contributed by atoms with van der Waals surface area (Å²) in [5, 5.41) is 9.19. The molecule has 1 heterocycles. The van der Waals surface area contributed by atoms with Gasteiger partial charge in [-0.1, -0.05) is 85.5 Å². The summed E-state index contributed by atoms with van der Waals surface area (Å²) in [4.78, 5) is 0. The van der Waals surface area contributed by atoms with Crippen molar-refractivity contribution in [3.8, 4) is 11.1 Å². The summed E-state index contributed by atoms with van der Waals surface area (Å²) in [5.41, 5.74) is 2.94. The van der Waals surface area contributed by atoms with Crippen LogP contribution in [0.25, 0.3) is 43.4 Å². The highest BCUT2D eigenvalue weighted by Gasteiger charge is 2.51. The van der Waals surface area contributed by atoms with Crippen LogP contribution in [0.15, 0.2) is 72.8 Å². The fourth-order valence-corrected chi connectivity index (χ4v) is 6.47. The van der Waals surface area contributed by atoms with Gasteiger partial charge >= 0.3 is 7.12 Å². The van der Waals surface area contributed by atoms with E-state index in [-0.39, 0.29) is 18.3 Å². The van der Waals surface area contributed by atoms with Gasteiger partial charge in [0.05, 0.1) is 19.3 Å². The molecule has 0 amide bonds. The Bertz CT molecular complexity index is 1500. The summed E-state index contributed by atoms with van der Waals surface area (Å²) in [6, 6.07) is 27.4. The minimum atomic E-state index is -1.30. The average molecular weight is 477 g/mol. The molecule has 2 nitrogen and oxygen atoms in total. The van der Waals surface area contributed by atoms with E-state index >= 15 is 0 Å². The topological polar surface area (TPSA) is 18.5 Å². The van der Waals surface area contributed by atoms with Crippen LogP contribution in [0.2, 0.25) is 19.6 Å². The van der Waals surface area contributed by atoms with Crippen LogP contribution in [-0.4, -0.2) is 26.4 Å². The predicted molar refractivity (Wildman–Crippen MR) is 154 cm³/mol. The minimum absolute atomic E-state index is 0.347. The first-order valence-corrected chi connectivity index (χ1v) is 16.1. The summed E-state index contributed by atoms with van der Waals surface area (Å²) in [6.45, 7) is 15.6. The molecule has 1 aliphatic heterocycles. The zero-order valence-corrected chi connectivity index (χ0v) is 22.8. The highest BCUT2D eigenvalue weighted by Crippen LogP contribution is 2.39. The Balaban J connectivity index is 1.46. The molecule has 0 aliphatic carbocycles. The molecule has 0 aromatic heterocycles. The van der Waals surface area contributed by atoms with Gasteiger partial charge in [-0.05, 0) is 88.7 Å². The largest absolute Gasteiger partial charge is 0.494 e. The van der Waals surface area contributed by atoms with Gasteiger partial charge in [-0.2, -0.15) is 0 Å². The van der Waals surface area contributed by atoms with E-state index in [0.717, 1.165) is 5.46 Å². The van der Waals surface area contributed by atoms with Gasteiger partial charge in [0.15, 0.2) is 0 Å². The fourth-order valence-electron chi connectivity index (χ4n) is 5.31. The third kappa shape index (κ3) is 3.62. The van der Waals surface area contributed by atoms with Gasteiger partial charge in [-0.3, -0.25) is 0 Å². The second kappa shape index (κ2) is 7.42. The van der Waals surface area contributed by atoms with Crippen LogP contribution in [0, 0.1) is 0 Å². The van der Waals surface area contributed by atoms with Crippen molar-refractivity contribution < 1.29 is 9.31 Å². The zero-order valence-electron chi connectivity index (χ0n) is 21.8. The predicted octanol–water partition coefficient (Wildman–Crippen LogP) is 7.10. The van der Waals surface area contributed by atoms with Crippen LogP contribution in [0.3, 0.4) is 0 Å². The van der Waals surface area contributed by atoms with Gasteiger partial charge < -0.3 is 9.31 Å². The van der Waals surface area contributed by atoms with Gasteiger partial charge in [0.1, 0.15) is 0 Å². The fraction of sp³-hybridized carbons (Fsp3) is 0.290. The lowest BCUT2D eigenvalue weighted by molar-refractivity contribution is 0.00578. The Kier molecular flexibility index (Phi) is 4.83. The maximum Gasteiger partial charge on any atom is 0.494 e. The van der Waals surface area contributed by atoms with E-state index in [1.165, 1.54) is 48.6 Å². The van der Waals surface area contributed by atoms with Crippen molar-refractivity contribution in [1.29, 1.82) is 0 Å². The van der Waals surface area contributed by atoms with E-state index in [0.29, 0.717) is 0 Å². The first kappa shape index (κ1) is 22.8. The van der Waals surface area contributed by atoms with E-state index < -0.39 is 8.07 Å². The van der Waals surface area contributed by atoms with Crippen molar-refractivity contribution in [3.63, 3.8) is 0 Å². The van der Waals surface area contributed by atoms with Gasteiger partial charge in [-0.15, -0.1) is 0 Å². The SMILES string of the molecule is CC1(C)OB(c2cc3ccc4cc(-c5ccc([Si](C)(C)C)cc5)cc5ccc(c2)c3c45)OC1(C)C. The molecule has 35 heavy (non-hydrogen) atoms. The maximum absolute atomic E-state index is 6.35. The van der Waals surface area contributed by atoms with Gasteiger partial charge in [0, 0.05) is 0 Å². The molecular formula is C31H33BO2Si. The van der Waals surface area contributed by atoms with Crippen LogP contribution in [-0.2, 0) is 9.31 Å². The summed E-state index contributed by atoms with van der Waals surface area (Å²) >= 11 is 0. The van der Waals surface area contributed by atoms with Gasteiger partial charge in [-0.25, -0.2) is 0 Å². The van der Waals surface area contributed by atoms with Crippen LogP contribution >= 0.6 is 0 Å². The molecule has 4 heteroatoms. The smallest absolute Gasteiger partial charge is 0.399 e. The van der Waals surface area contributed by atoms with E-state index in [1.807, 2.05) is 0 Å². The van der Waals surface area contributed by atoms with Crippen molar-refractivity contribution in [2.45, 2.75) is 58.5 Å². The van der Waals surface area contributed by atoms with E-state index in [4.69, 9.17) is 9.31 Å². The van der Waals surface area contributed by atoms with E-state index in [2.05, 4.69) is 120 Å². The third-order valence-electron chi connectivity index (χ3n) is 8.17. The molecule has 0 atom stereocenters. The summed E-state index contributed by atoms with van der Waals surface area (Å²) in [5.74, 6) is 0. The van der Waals surface area contributed by atoms with Crippen LogP contribution in [0.4, 0.5) is 0 Å². The lowest BCUT2D eigenvalue weighted by atomic mass is 9.76. The molecule has 6 rings (SSSR count). The highest BCUT2D eigenvalue weighted by molar-refractivity contribution is 6.88. The van der Waals surface area contributed by atoms with Crippen molar-refractivity contribution >= 4 is 58.2 Å². The molecule has 0 radical (unpaired) electrons. The number of benzene rings is 5. The number of rotatable bonds is 3. The lowest BCUT2D eigenvalue weighted by Crippen LogP contribution is -2.41. The quantitative estimate of drug-likeness (QED) is 0.204. The standard InChI is InChI=1S/C31H33BO2Si/c1-30(2)31(3,4)34-32(33-30)26-18-23-10-8-21-16-25(20-12-14-27(15-13-20)35(5,6)7)17-22-9-11-24(19-26)29(23)28(21)22/h8-19H,1-7H3. The second-order valence-electron chi connectivity index (χ2n) is 12.2. The van der Waals surface area contributed by atoms with E-state index in [9.17, 15) is 0 Å². The zero-order chi connectivity index (χ0) is 24.8.